The van der Waals surface area contributed by atoms with Crippen molar-refractivity contribution in [2.24, 2.45) is 5.92 Å². The number of hydrogen-bond acceptors (Lipinski definition) is 1. The van der Waals surface area contributed by atoms with E-state index in [1.54, 1.807) is 6.07 Å². The minimum atomic E-state index is -4.53. The number of hydrogen-bond donors (Lipinski definition) is 1. The molecule has 0 bridgehead atoms. The summed E-state index contributed by atoms with van der Waals surface area (Å²) in [5.74, 6) is 3.14. The molecule has 104 valence electrons. The van der Waals surface area contributed by atoms with Crippen molar-refractivity contribution in [1.29, 1.82) is 0 Å². The van der Waals surface area contributed by atoms with Crippen molar-refractivity contribution >= 4 is 11.7 Å². The molecule has 0 unspecified atom stereocenters. The number of fused-ring (bicyclic) bond motifs is 1. The molecule has 1 aliphatic heterocycles. The van der Waals surface area contributed by atoms with E-state index in [2.05, 4.69) is 12.0 Å². The molecule has 6 heteroatoms. The van der Waals surface area contributed by atoms with Gasteiger partial charge in [-0.1, -0.05) is 24.1 Å². The molecule has 0 spiro atoms. The van der Waals surface area contributed by atoms with Crippen LogP contribution in [0.15, 0.2) is 24.3 Å². The van der Waals surface area contributed by atoms with Crippen LogP contribution < -0.4 is 10.2 Å². The molecule has 1 fully saturated rings. The second kappa shape index (κ2) is 4.44. The van der Waals surface area contributed by atoms with Gasteiger partial charge in [-0.25, -0.2) is 9.69 Å². The minimum absolute atomic E-state index is 0.0182. The number of benzene rings is 1. The van der Waals surface area contributed by atoms with Crippen molar-refractivity contribution in [3.63, 3.8) is 0 Å². The molecular weight excluding hydrogens is 269 g/mol. The van der Waals surface area contributed by atoms with Crippen LogP contribution in [-0.4, -0.2) is 12.2 Å². The highest BCUT2D eigenvalue weighted by Gasteiger charge is 2.46. The number of anilines is 1. The molecule has 2 amide bonds. The standard InChI is InChI=1S/C14H11F3N2O/c15-14(16,17)12-10-3-1-2-4-11(10)19(13(20)18-12)8-7-9-5-6-9/h1-4,9,12H,5-6H2,(H,18,20)/t12-/m0/s1. The normalized spacial score (nSPS) is 21.6. The average molecular weight is 280 g/mol. The van der Waals surface area contributed by atoms with E-state index in [1.165, 1.54) is 18.2 Å². The summed E-state index contributed by atoms with van der Waals surface area (Å²) in [6.07, 6.45) is -2.56. The van der Waals surface area contributed by atoms with Crippen LogP contribution in [0.3, 0.4) is 0 Å². The summed E-state index contributed by atoms with van der Waals surface area (Å²) < 4.78 is 38.9. The maximum atomic E-state index is 13.0. The zero-order chi connectivity index (χ0) is 14.3. The summed E-state index contributed by atoms with van der Waals surface area (Å²) in [5, 5.41) is 1.97. The molecule has 3 nitrogen and oxygen atoms in total. The second-order valence-electron chi connectivity index (χ2n) is 4.85. The molecule has 0 aromatic heterocycles. The fraction of sp³-hybridized carbons (Fsp3) is 0.357. The Bertz CT molecular complexity index is 611. The summed E-state index contributed by atoms with van der Waals surface area (Å²) in [6, 6.07) is 5.80. The molecule has 20 heavy (non-hydrogen) atoms. The fourth-order valence-electron chi connectivity index (χ4n) is 2.06. The third kappa shape index (κ3) is 2.31. The van der Waals surface area contributed by atoms with Crippen molar-refractivity contribution < 1.29 is 18.0 Å². The molecule has 1 aliphatic carbocycles. The van der Waals surface area contributed by atoms with Gasteiger partial charge in [-0.15, -0.1) is 0 Å². The lowest BCUT2D eigenvalue weighted by Gasteiger charge is -2.32. The number of amides is 2. The van der Waals surface area contributed by atoms with E-state index < -0.39 is 18.2 Å². The van der Waals surface area contributed by atoms with Gasteiger partial charge in [-0.2, -0.15) is 13.2 Å². The number of nitrogens with zero attached hydrogens (tertiary/aromatic N) is 1. The van der Waals surface area contributed by atoms with Crippen molar-refractivity contribution in [2.75, 3.05) is 4.90 Å². The predicted octanol–water partition coefficient (Wildman–Crippen LogP) is 3.19. The number of para-hydroxylation sites is 1. The highest BCUT2D eigenvalue weighted by Crippen LogP contribution is 2.40. The smallest absolute Gasteiger partial charge is 0.321 e. The van der Waals surface area contributed by atoms with Crippen LogP contribution in [0.4, 0.5) is 23.7 Å². The molecule has 1 N–H and O–H groups in total. The van der Waals surface area contributed by atoms with Gasteiger partial charge >= 0.3 is 12.2 Å². The topological polar surface area (TPSA) is 32.3 Å². The Morgan fingerprint density at radius 3 is 2.60 bits per heavy atom. The maximum absolute atomic E-state index is 13.0. The first-order chi connectivity index (χ1) is 9.47. The monoisotopic (exact) mass is 280 g/mol. The summed E-state index contributed by atoms with van der Waals surface area (Å²) in [5.41, 5.74) is 0.219. The van der Waals surface area contributed by atoms with Crippen LogP contribution in [0.5, 0.6) is 0 Å². The van der Waals surface area contributed by atoms with Crippen molar-refractivity contribution in [3.8, 4) is 12.0 Å². The first kappa shape index (κ1) is 12.9. The van der Waals surface area contributed by atoms with Crippen molar-refractivity contribution in [3.05, 3.63) is 29.8 Å². The third-order valence-corrected chi connectivity index (χ3v) is 3.24. The van der Waals surface area contributed by atoms with Crippen LogP contribution in [-0.2, 0) is 0 Å². The Balaban J connectivity index is 2.02. The highest BCUT2D eigenvalue weighted by molar-refractivity contribution is 5.98. The summed E-state index contributed by atoms with van der Waals surface area (Å²) >= 11 is 0. The molecular formula is C14H11F3N2O. The zero-order valence-electron chi connectivity index (χ0n) is 10.4. The molecule has 2 aliphatic rings. The van der Waals surface area contributed by atoms with E-state index in [9.17, 15) is 18.0 Å². The molecule has 0 saturated heterocycles. The number of carbonyl (C=O) groups is 1. The van der Waals surface area contributed by atoms with Crippen LogP contribution in [0.25, 0.3) is 0 Å². The highest BCUT2D eigenvalue weighted by atomic mass is 19.4. The number of rotatable bonds is 0. The third-order valence-electron chi connectivity index (χ3n) is 3.24. The summed E-state index contributed by atoms with van der Waals surface area (Å²) in [7, 11) is 0. The quantitative estimate of drug-likeness (QED) is 0.727. The molecule has 1 saturated carbocycles. The van der Waals surface area contributed by atoms with Gasteiger partial charge < -0.3 is 5.32 Å². The van der Waals surface area contributed by atoms with Crippen LogP contribution in [0.2, 0.25) is 0 Å². The molecule has 1 aromatic carbocycles. The largest absolute Gasteiger partial charge is 0.413 e. The second-order valence-corrected chi connectivity index (χ2v) is 4.85. The van der Waals surface area contributed by atoms with Crippen LogP contribution >= 0.6 is 0 Å². The molecule has 1 heterocycles. The van der Waals surface area contributed by atoms with E-state index in [0.717, 1.165) is 17.7 Å². The number of halogens is 3. The van der Waals surface area contributed by atoms with E-state index in [0.29, 0.717) is 0 Å². The Hall–Kier alpha value is -2.16. The lowest BCUT2D eigenvalue weighted by atomic mass is 10.0. The van der Waals surface area contributed by atoms with Crippen LogP contribution in [0, 0.1) is 17.9 Å². The molecule has 3 rings (SSSR count). The Kier molecular flexibility index (Phi) is 2.85. The van der Waals surface area contributed by atoms with Crippen LogP contribution in [0.1, 0.15) is 24.4 Å². The zero-order valence-corrected chi connectivity index (χ0v) is 10.4. The Morgan fingerprint density at radius 2 is 1.95 bits per heavy atom. The molecule has 1 atom stereocenters. The summed E-state index contributed by atoms with van der Waals surface area (Å²) in [6.45, 7) is 0. The number of carbonyl (C=O) groups excluding carboxylic acids is 1. The van der Waals surface area contributed by atoms with Gasteiger partial charge in [-0.3, -0.25) is 0 Å². The van der Waals surface area contributed by atoms with Gasteiger partial charge in [-0.05, 0) is 18.9 Å². The molecule has 1 aromatic rings. The van der Waals surface area contributed by atoms with Crippen molar-refractivity contribution in [2.45, 2.75) is 25.1 Å². The van der Waals surface area contributed by atoms with E-state index >= 15 is 0 Å². The van der Waals surface area contributed by atoms with E-state index in [1.807, 2.05) is 5.32 Å². The maximum Gasteiger partial charge on any atom is 0.413 e. The Labute approximate surface area is 113 Å². The van der Waals surface area contributed by atoms with Gasteiger partial charge in [0, 0.05) is 17.5 Å². The average Bonchev–Trinajstić information content (AvgIpc) is 3.20. The lowest BCUT2D eigenvalue weighted by molar-refractivity contribution is -0.155. The number of alkyl halides is 3. The van der Waals surface area contributed by atoms with Gasteiger partial charge in [0.05, 0.1) is 5.69 Å². The predicted molar refractivity (Wildman–Crippen MR) is 66.7 cm³/mol. The van der Waals surface area contributed by atoms with Gasteiger partial charge in [0.2, 0.25) is 0 Å². The lowest BCUT2D eigenvalue weighted by Crippen LogP contribution is -2.49. The first-order valence-electron chi connectivity index (χ1n) is 6.24. The first-order valence-corrected chi connectivity index (χ1v) is 6.24. The van der Waals surface area contributed by atoms with E-state index in [4.69, 9.17) is 0 Å². The van der Waals surface area contributed by atoms with Gasteiger partial charge in [0.25, 0.3) is 0 Å². The van der Waals surface area contributed by atoms with E-state index in [-0.39, 0.29) is 17.2 Å². The minimum Gasteiger partial charge on any atom is -0.321 e. The number of nitrogens with one attached hydrogen (secondary N) is 1. The SMILES string of the molecule is O=C1N[C@H](C(F)(F)F)c2ccccc2N1C#CC1CC1. The fourth-order valence-corrected chi connectivity index (χ4v) is 2.06. The van der Waals surface area contributed by atoms with Gasteiger partial charge in [0.15, 0.2) is 6.04 Å². The summed E-state index contributed by atoms with van der Waals surface area (Å²) in [4.78, 5) is 12.9. The van der Waals surface area contributed by atoms with Crippen molar-refractivity contribution in [1.82, 2.24) is 5.32 Å². The Morgan fingerprint density at radius 1 is 1.25 bits per heavy atom. The molecule has 0 radical (unpaired) electrons. The van der Waals surface area contributed by atoms with Gasteiger partial charge in [0.1, 0.15) is 0 Å². The number of urea groups is 1.